The van der Waals surface area contributed by atoms with E-state index in [1.54, 1.807) is 0 Å². The summed E-state index contributed by atoms with van der Waals surface area (Å²) in [6.07, 6.45) is 0.755. The van der Waals surface area contributed by atoms with Gasteiger partial charge in [-0.25, -0.2) is 4.99 Å². The number of benzene rings is 1. The predicted molar refractivity (Wildman–Crippen MR) is 57.8 cm³/mol. The third-order valence-electron chi connectivity index (χ3n) is 1.79. The van der Waals surface area contributed by atoms with Crippen LogP contribution in [0.3, 0.4) is 0 Å². The Morgan fingerprint density at radius 3 is 2.77 bits per heavy atom. The van der Waals surface area contributed by atoms with Crippen molar-refractivity contribution in [2.75, 3.05) is 0 Å². The fourth-order valence-electron chi connectivity index (χ4n) is 0.896. The molecule has 3 heteroatoms. The number of nitrogens with zero attached hydrogens (tertiary/aromatic N) is 1. The molecular formula is C10H13ClN2. The molecule has 0 fully saturated rings. The van der Waals surface area contributed by atoms with Gasteiger partial charge in [0.25, 0.3) is 0 Å². The van der Waals surface area contributed by atoms with Crippen molar-refractivity contribution >= 4 is 23.1 Å². The Labute approximate surface area is 83.4 Å². The SMILES string of the molecule is CCC(N)=Nc1ccc(C)c(Cl)c1. The lowest BCUT2D eigenvalue weighted by molar-refractivity contribution is 1.23. The standard InChI is InChI=1S/C10H13ClN2/c1-3-10(12)13-8-5-4-7(2)9(11)6-8/h4-6H,3H2,1-2H3,(H2,12,13). The minimum Gasteiger partial charge on any atom is -0.387 e. The first-order chi connectivity index (χ1) is 6.13. The van der Waals surface area contributed by atoms with Gasteiger partial charge in [0.15, 0.2) is 0 Å². The van der Waals surface area contributed by atoms with Gasteiger partial charge in [0.1, 0.15) is 0 Å². The zero-order chi connectivity index (χ0) is 9.84. The van der Waals surface area contributed by atoms with Crippen molar-refractivity contribution in [1.29, 1.82) is 0 Å². The molecule has 70 valence electrons. The average Bonchev–Trinajstić information content (AvgIpc) is 2.11. The Morgan fingerprint density at radius 1 is 1.54 bits per heavy atom. The maximum absolute atomic E-state index is 5.93. The van der Waals surface area contributed by atoms with Gasteiger partial charge in [-0.15, -0.1) is 0 Å². The predicted octanol–water partition coefficient (Wildman–Crippen LogP) is 3.05. The van der Waals surface area contributed by atoms with Crippen LogP contribution in [0.4, 0.5) is 5.69 Å². The normalized spacial score (nSPS) is 11.8. The van der Waals surface area contributed by atoms with Crippen LogP contribution in [-0.4, -0.2) is 5.84 Å². The fourth-order valence-corrected chi connectivity index (χ4v) is 1.07. The maximum atomic E-state index is 5.93. The van der Waals surface area contributed by atoms with E-state index < -0.39 is 0 Å². The van der Waals surface area contributed by atoms with Gasteiger partial charge in [0, 0.05) is 11.4 Å². The Morgan fingerprint density at radius 2 is 2.23 bits per heavy atom. The Hall–Kier alpha value is -1.02. The van der Waals surface area contributed by atoms with Crippen molar-refractivity contribution in [2.45, 2.75) is 20.3 Å². The number of amidine groups is 1. The van der Waals surface area contributed by atoms with E-state index in [0.717, 1.165) is 22.7 Å². The van der Waals surface area contributed by atoms with Crippen LogP contribution >= 0.6 is 11.6 Å². The molecule has 0 heterocycles. The van der Waals surface area contributed by atoms with Crippen LogP contribution < -0.4 is 5.73 Å². The van der Waals surface area contributed by atoms with Crippen molar-refractivity contribution in [3.8, 4) is 0 Å². The minimum absolute atomic E-state index is 0.625. The number of nitrogens with two attached hydrogens (primary N) is 1. The second kappa shape index (κ2) is 4.28. The summed E-state index contributed by atoms with van der Waals surface area (Å²) in [5.74, 6) is 0.625. The first-order valence-electron chi connectivity index (χ1n) is 4.22. The van der Waals surface area contributed by atoms with Crippen LogP contribution in [0.5, 0.6) is 0 Å². The third-order valence-corrected chi connectivity index (χ3v) is 2.20. The second-order valence-electron chi connectivity index (χ2n) is 2.89. The molecule has 1 aromatic rings. The van der Waals surface area contributed by atoms with E-state index in [9.17, 15) is 0 Å². The van der Waals surface area contributed by atoms with Crippen molar-refractivity contribution < 1.29 is 0 Å². The fraction of sp³-hybridized carbons (Fsp3) is 0.300. The largest absolute Gasteiger partial charge is 0.387 e. The molecule has 2 nitrogen and oxygen atoms in total. The maximum Gasteiger partial charge on any atom is 0.0993 e. The lowest BCUT2D eigenvalue weighted by atomic mass is 10.2. The number of aryl methyl sites for hydroxylation is 1. The summed E-state index contributed by atoms with van der Waals surface area (Å²) in [7, 11) is 0. The topological polar surface area (TPSA) is 38.4 Å². The van der Waals surface area contributed by atoms with Crippen LogP contribution in [0, 0.1) is 6.92 Å². The van der Waals surface area contributed by atoms with Crippen molar-refractivity contribution in [3.63, 3.8) is 0 Å². The van der Waals surface area contributed by atoms with Gasteiger partial charge in [0.2, 0.25) is 0 Å². The number of aliphatic imine (C=N–C) groups is 1. The van der Waals surface area contributed by atoms with Gasteiger partial charge in [-0.2, -0.15) is 0 Å². The van der Waals surface area contributed by atoms with Gasteiger partial charge in [-0.05, 0) is 24.6 Å². The molecule has 0 amide bonds. The quantitative estimate of drug-likeness (QED) is 0.573. The van der Waals surface area contributed by atoms with E-state index in [4.69, 9.17) is 17.3 Å². The molecule has 0 atom stereocenters. The molecule has 13 heavy (non-hydrogen) atoms. The van der Waals surface area contributed by atoms with E-state index in [-0.39, 0.29) is 0 Å². The van der Waals surface area contributed by atoms with Crippen LogP contribution in [0.15, 0.2) is 23.2 Å². The van der Waals surface area contributed by atoms with Gasteiger partial charge < -0.3 is 5.73 Å². The third kappa shape index (κ3) is 2.74. The molecule has 0 saturated heterocycles. The highest BCUT2D eigenvalue weighted by Crippen LogP contribution is 2.21. The Kier molecular flexibility index (Phi) is 3.32. The van der Waals surface area contributed by atoms with Crippen LogP contribution in [-0.2, 0) is 0 Å². The summed E-state index contributed by atoms with van der Waals surface area (Å²) >= 11 is 5.93. The van der Waals surface area contributed by atoms with Crippen LogP contribution in [0.1, 0.15) is 18.9 Å². The summed E-state index contributed by atoms with van der Waals surface area (Å²) in [5.41, 5.74) is 7.47. The van der Waals surface area contributed by atoms with Gasteiger partial charge in [0.05, 0.1) is 11.5 Å². The molecule has 0 saturated carbocycles. The molecule has 0 aromatic heterocycles. The first-order valence-corrected chi connectivity index (χ1v) is 4.60. The summed E-state index contributed by atoms with van der Waals surface area (Å²) in [6.45, 7) is 3.92. The molecule has 0 aliphatic heterocycles. The van der Waals surface area contributed by atoms with Crippen LogP contribution in [0.25, 0.3) is 0 Å². The smallest absolute Gasteiger partial charge is 0.0993 e. The van der Waals surface area contributed by atoms with E-state index in [1.807, 2.05) is 32.0 Å². The molecule has 0 aliphatic rings. The van der Waals surface area contributed by atoms with E-state index in [2.05, 4.69) is 4.99 Å². The molecule has 1 aromatic carbocycles. The number of rotatable bonds is 2. The van der Waals surface area contributed by atoms with Gasteiger partial charge >= 0.3 is 0 Å². The lowest BCUT2D eigenvalue weighted by Crippen LogP contribution is -2.08. The van der Waals surface area contributed by atoms with Gasteiger partial charge in [-0.1, -0.05) is 24.6 Å². The van der Waals surface area contributed by atoms with E-state index in [0.29, 0.717) is 5.84 Å². The molecule has 0 unspecified atom stereocenters. The molecule has 2 N–H and O–H groups in total. The summed E-state index contributed by atoms with van der Waals surface area (Å²) < 4.78 is 0. The van der Waals surface area contributed by atoms with Crippen molar-refractivity contribution in [2.24, 2.45) is 10.7 Å². The second-order valence-corrected chi connectivity index (χ2v) is 3.30. The number of hydrogen-bond donors (Lipinski definition) is 1. The summed E-state index contributed by atoms with van der Waals surface area (Å²) in [5, 5.41) is 0.727. The average molecular weight is 197 g/mol. The van der Waals surface area contributed by atoms with Crippen molar-refractivity contribution in [1.82, 2.24) is 0 Å². The van der Waals surface area contributed by atoms with Gasteiger partial charge in [-0.3, -0.25) is 0 Å². The zero-order valence-electron chi connectivity index (χ0n) is 7.84. The summed E-state index contributed by atoms with van der Waals surface area (Å²) in [6, 6.07) is 5.66. The molecule has 0 radical (unpaired) electrons. The number of hydrogen-bond acceptors (Lipinski definition) is 1. The zero-order valence-corrected chi connectivity index (χ0v) is 8.60. The molecule has 0 aliphatic carbocycles. The molecule has 0 spiro atoms. The van der Waals surface area contributed by atoms with E-state index >= 15 is 0 Å². The van der Waals surface area contributed by atoms with E-state index in [1.165, 1.54) is 0 Å². The lowest BCUT2D eigenvalue weighted by Gasteiger charge is -2.00. The summed E-state index contributed by atoms with van der Waals surface area (Å²) in [4.78, 5) is 4.19. The Balaban J connectivity index is 2.98. The molecule has 1 rings (SSSR count). The van der Waals surface area contributed by atoms with Crippen LogP contribution in [0.2, 0.25) is 5.02 Å². The first kappa shape index (κ1) is 10.1. The highest BCUT2D eigenvalue weighted by molar-refractivity contribution is 6.31. The Bertz CT molecular complexity index is 332. The monoisotopic (exact) mass is 196 g/mol. The molecule has 0 bridgehead atoms. The highest BCUT2D eigenvalue weighted by atomic mass is 35.5. The minimum atomic E-state index is 0.625. The van der Waals surface area contributed by atoms with Crippen molar-refractivity contribution in [3.05, 3.63) is 28.8 Å². The highest BCUT2D eigenvalue weighted by Gasteiger charge is 1.96. The molecular weight excluding hydrogens is 184 g/mol. The number of halogens is 1.